The first-order chi connectivity index (χ1) is 5.13. The molecule has 0 radical (unpaired) electrons. The van der Waals surface area contributed by atoms with E-state index in [1.165, 1.54) is 0 Å². The van der Waals surface area contributed by atoms with Gasteiger partial charge in [-0.25, -0.2) is 0 Å². The highest BCUT2D eigenvalue weighted by Gasteiger charge is 2.13. The van der Waals surface area contributed by atoms with Crippen LogP contribution >= 0.6 is 0 Å². The van der Waals surface area contributed by atoms with Crippen LogP contribution in [0.2, 0.25) is 0 Å². The second-order valence-electron chi connectivity index (χ2n) is 2.93. The van der Waals surface area contributed by atoms with E-state index >= 15 is 0 Å². The van der Waals surface area contributed by atoms with Gasteiger partial charge in [0.15, 0.2) is 0 Å². The van der Waals surface area contributed by atoms with Gasteiger partial charge >= 0.3 is 0 Å². The van der Waals surface area contributed by atoms with Crippen molar-refractivity contribution in [1.29, 1.82) is 0 Å². The molecule has 0 bridgehead atoms. The van der Waals surface area contributed by atoms with Gasteiger partial charge in [-0.05, 0) is 6.92 Å². The summed E-state index contributed by atoms with van der Waals surface area (Å²) in [6.07, 6.45) is 1.76. The average molecular weight is 154 g/mol. The molecule has 1 heterocycles. The lowest BCUT2D eigenvalue weighted by Crippen LogP contribution is -2.24. The van der Waals surface area contributed by atoms with Crippen LogP contribution in [0.3, 0.4) is 0 Å². The highest BCUT2D eigenvalue weighted by atomic mass is 15.4. The zero-order valence-electron chi connectivity index (χ0n) is 7.15. The Morgan fingerprint density at radius 3 is 2.55 bits per heavy atom. The molecular weight excluding hydrogens is 140 g/mol. The molecule has 0 saturated carbocycles. The molecule has 0 aliphatic rings. The van der Waals surface area contributed by atoms with Crippen molar-refractivity contribution in [3.05, 3.63) is 11.9 Å². The fourth-order valence-corrected chi connectivity index (χ4v) is 0.979. The fraction of sp³-hybridized carbons (Fsp3) is 0.714. The van der Waals surface area contributed by atoms with Gasteiger partial charge in [-0.2, -0.15) is 0 Å². The normalized spacial score (nSPS) is 16.4. The van der Waals surface area contributed by atoms with Crippen molar-refractivity contribution in [3.63, 3.8) is 0 Å². The zero-order valence-corrected chi connectivity index (χ0v) is 7.15. The van der Waals surface area contributed by atoms with Crippen LogP contribution in [0.25, 0.3) is 0 Å². The van der Waals surface area contributed by atoms with Crippen molar-refractivity contribution in [2.24, 2.45) is 12.8 Å². The molecule has 1 aromatic rings. The summed E-state index contributed by atoms with van der Waals surface area (Å²) >= 11 is 0. The van der Waals surface area contributed by atoms with E-state index in [1.54, 1.807) is 10.9 Å². The molecule has 0 saturated heterocycles. The van der Waals surface area contributed by atoms with Gasteiger partial charge in [0.2, 0.25) is 0 Å². The Balaban J connectivity index is 2.84. The molecule has 4 nitrogen and oxygen atoms in total. The molecular formula is C7H14N4. The molecule has 11 heavy (non-hydrogen) atoms. The maximum absolute atomic E-state index is 5.73. The summed E-state index contributed by atoms with van der Waals surface area (Å²) < 4.78 is 1.76. The van der Waals surface area contributed by atoms with Gasteiger partial charge in [-0.1, -0.05) is 12.1 Å². The monoisotopic (exact) mass is 154 g/mol. The molecule has 2 atom stereocenters. The Labute approximate surface area is 66.4 Å². The van der Waals surface area contributed by atoms with Crippen LogP contribution in [-0.4, -0.2) is 21.0 Å². The van der Waals surface area contributed by atoms with Crippen LogP contribution in [0.15, 0.2) is 6.20 Å². The topological polar surface area (TPSA) is 56.7 Å². The highest BCUT2D eigenvalue weighted by molar-refractivity contribution is 5.03. The predicted molar refractivity (Wildman–Crippen MR) is 43.1 cm³/mol. The molecule has 0 aromatic carbocycles. The number of hydrogen-bond acceptors (Lipinski definition) is 3. The van der Waals surface area contributed by atoms with E-state index in [1.807, 2.05) is 14.0 Å². The second kappa shape index (κ2) is 3.00. The molecule has 62 valence electrons. The molecule has 2 unspecified atom stereocenters. The number of hydrogen-bond donors (Lipinski definition) is 1. The molecule has 0 fully saturated rings. The number of nitrogens with zero attached hydrogens (tertiary/aromatic N) is 3. The molecule has 0 aliphatic carbocycles. The van der Waals surface area contributed by atoms with E-state index in [0.717, 1.165) is 5.69 Å². The minimum atomic E-state index is 0.146. The van der Waals surface area contributed by atoms with Gasteiger partial charge in [-0.3, -0.25) is 4.68 Å². The number of aryl methyl sites for hydroxylation is 1. The molecule has 1 rings (SSSR count). The first kappa shape index (κ1) is 8.20. The zero-order chi connectivity index (χ0) is 8.43. The molecule has 0 aliphatic heterocycles. The summed E-state index contributed by atoms with van der Waals surface area (Å²) in [6.45, 7) is 4.06. The first-order valence-electron chi connectivity index (χ1n) is 3.73. The summed E-state index contributed by atoms with van der Waals surface area (Å²) in [4.78, 5) is 0. The Hall–Kier alpha value is -0.900. The molecule has 1 aromatic heterocycles. The Bertz CT molecular complexity index is 228. The van der Waals surface area contributed by atoms with Crippen LogP contribution in [0.1, 0.15) is 25.5 Å². The maximum Gasteiger partial charge on any atom is 0.0728 e. The third-order valence-corrected chi connectivity index (χ3v) is 2.00. The van der Waals surface area contributed by atoms with Crippen molar-refractivity contribution >= 4 is 0 Å². The SMILES string of the molecule is CC(N)C(C)c1cnnn1C. The number of aromatic nitrogens is 3. The van der Waals surface area contributed by atoms with E-state index in [-0.39, 0.29) is 6.04 Å². The highest BCUT2D eigenvalue weighted by Crippen LogP contribution is 2.14. The second-order valence-corrected chi connectivity index (χ2v) is 2.93. The van der Waals surface area contributed by atoms with Crippen LogP contribution in [0.4, 0.5) is 0 Å². The van der Waals surface area contributed by atoms with E-state index < -0.39 is 0 Å². The standard InChI is InChI=1S/C7H14N4/c1-5(6(2)8)7-4-9-10-11(7)3/h4-6H,8H2,1-3H3. The van der Waals surface area contributed by atoms with E-state index in [4.69, 9.17) is 5.73 Å². The van der Waals surface area contributed by atoms with Crippen molar-refractivity contribution in [1.82, 2.24) is 15.0 Å². The van der Waals surface area contributed by atoms with Crippen molar-refractivity contribution in [2.45, 2.75) is 25.8 Å². The largest absolute Gasteiger partial charge is 0.327 e. The lowest BCUT2D eigenvalue weighted by molar-refractivity contribution is 0.555. The Morgan fingerprint density at radius 2 is 2.18 bits per heavy atom. The summed E-state index contributed by atoms with van der Waals surface area (Å²) in [5.74, 6) is 0.315. The van der Waals surface area contributed by atoms with E-state index in [0.29, 0.717) is 5.92 Å². The van der Waals surface area contributed by atoms with Crippen molar-refractivity contribution in [2.75, 3.05) is 0 Å². The molecule has 0 spiro atoms. The van der Waals surface area contributed by atoms with Gasteiger partial charge in [-0.15, -0.1) is 5.10 Å². The molecule has 0 amide bonds. The van der Waals surface area contributed by atoms with Gasteiger partial charge in [0.25, 0.3) is 0 Å². The quantitative estimate of drug-likeness (QED) is 0.665. The van der Waals surface area contributed by atoms with Gasteiger partial charge in [0, 0.05) is 19.0 Å². The summed E-state index contributed by atoms with van der Waals surface area (Å²) in [5.41, 5.74) is 6.81. The summed E-state index contributed by atoms with van der Waals surface area (Å²) in [6, 6.07) is 0.146. The predicted octanol–water partition coefficient (Wildman–Crippen LogP) is 0.266. The molecule has 4 heteroatoms. The fourth-order valence-electron chi connectivity index (χ4n) is 0.979. The lowest BCUT2D eigenvalue weighted by Gasteiger charge is -2.14. The summed E-state index contributed by atoms with van der Waals surface area (Å²) in [7, 11) is 1.88. The van der Waals surface area contributed by atoms with Crippen LogP contribution in [0.5, 0.6) is 0 Å². The third-order valence-electron chi connectivity index (χ3n) is 2.00. The van der Waals surface area contributed by atoms with Crippen LogP contribution in [0, 0.1) is 0 Å². The van der Waals surface area contributed by atoms with E-state index in [9.17, 15) is 0 Å². The first-order valence-corrected chi connectivity index (χ1v) is 3.73. The van der Waals surface area contributed by atoms with Crippen molar-refractivity contribution in [3.8, 4) is 0 Å². The number of nitrogens with two attached hydrogens (primary N) is 1. The number of rotatable bonds is 2. The maximum atomic E-state index is 5.73. The van der Waals surface area contributed by atoms with Crippen LogP contribution in [-0.2, 0) is 7.05 Å². The van der Waals surface area contributed by atoms with Gasteiger partial charge in [0.1, 0.15) is 0 Å². The minimum absolute atomic E-state index is 0.146. The third kappa shape index (κ3) is 1.57. The van der Waals surface area contributed by atoms with Gasteiger partial charge < -0.3 is 5.73 Å². The molecule has 2 N–H and O–H groups in total. The van der Waals surface area contributed by atoms with Gasteiger partial charge in [0.05, 0.1) is 11.9 Å². The van der Waals surface area contributed by atoms with E-state index in [2.05, 4.69) is 17.2 Å². The Morgan fingerprint density at radius 1 is 1.55 bits per heavy atom. The van der Waals surface area contributed by atoms with Crippen molar-refractivity contribution < 1.29 is 0 Å². The van der Waals surface area contributed by atoms with Crippen LogP contribution < -0.4 is 5.73 Å². The summed E-state index contributed by atoms with van der Waals surface area (Å²) in [5, 5.41) is 7.61. The Kier molecular flexibility index (Phi) is 2.24. The smallest absolute Gasteiger partial charge is 0.0728 e. The lowest BCUT2D eigenvalue weighted by atomic mass is 10.0. The minimum Gasteiger partial charge on any atom is -0.327 e. The average Bonchev–Trinajstić information content (AvgIpc) is 2.33.